The molecule has 2 aliphatic heterocycles. The molecule has 0 aromatic carbocycles. The quantitative estimate of drug-likeness (QED) is 0.822. The van der Waals surface area contributed by atoms with Gasteiger partial charge in [-0.2, -0.15) is 5.10 Å². The van der Waals surface area contributed by atoms with Crippen molar-refractivity contribution >= 4 is 5.91 Å². The van der Waals surface area contributed by atoms with E-state index >= 15 is 0 Å². The number of rotatable bonds is 2. The molecule has 2 saturated heterocycles. The van der Waals surface area contributed by atoms with E-state index in [2.05, 4.69) is 30.9 Å². The van der Waals surface area contributed by atoms with E-state index in [1.54, 1.807) is 0 Å². The molecular formula is C15H24N4O. The maximum absolute atomic E-state index is 12.5. The van der Waals surface area contributed by atoms with Crippen molar-refractivity contribution in [2.24, 2.45) is 11.8 Å². The maximum Gasteiger partial charge on any atom is 0.274 e. The maximum atomic E-state index is 12.5. The highest BCUT2D eigenvalue weighted by Crippen LogP contribution is 2.31. The number of carbonyl (C=O) groups is 1. The Morgan fingerprint density at radius 1 is 1.30 bits per heavy atom. The van der Waals surface area contributed by atoms with Crippen LogP contribution in [-0.2, 0) is 0 Å². The molecule has 1 amide bonds. The van der Waals surface area contributed by atoms with E-state index in [0.717, 1.165) is 26.2 Å². The first-order valence-electron chi connectivity index (χ1n) is 7.57. The Hall–Kier alpha value is -1.36. The minimum absolute atomic E-state index is 0.0986. The standard InChI is InChI=1S/C15H24N4O/c1-11(2)19-7-5-14(16-19)15(20)18-9-12-4-6-17(3)8-13(12)10-18/h5,7,11-13H,4,6,8-10H2,1-3H3/t12-,13+/m0/s1. The third-order valence-electron chi connectivity index (χ3n) is 4.65. The van der Waals surface area contributed by atoms with Gasteiger partial charge in [-0.25, -0.2) is 0 Å². The van der Waals surface area contributed by atoms with Crippen molar-refractivity contribution in [1.29, 1.82) is 0 Å². The molecule has 5 nitrogen and oxygen atoms in total. The highest BCUT2D eigenvalue weighted by molar-refractivity contribution is 5.92. The largest absolute Gasteiger partial charge is 0.337 e. The van der Waals surface area contributed by atoms with Crippen molar-refractivity contribution in [1.82, 2.24) is 19.6 Å². The van der Waals surface area contributed by atoms with Crippen molar-refractivity contribution < 1.29 is 4.79 Å². The predicted octanol–water partition coefficient (Wildman–Crippen LogP) is 1.49. The summed E-state index contributed by atoms with van der Waals surface area (Å²) in [6.45, 7) is 8.22. The molecule has 20 heavy (non-hydrogen) atoms. The molecule has 5 heteroatoms. The van der Waals surface area contributed by atoms with Crippen molar-refractivity contribution in [3.63, 3.8) is 0 Å². The van der Waals surface area contributed by atoms with Crippen LogP contribution >= 0.6 is 0 Å². The molecule has 2 fully saturated rings. The zero-order chi connectivity index (χ0) is 14.3. The SMILES string of the molecule is CC(C)n1ccc(C(=O)N2C[C@H]3CN(C)CC[C@H]3C2)n1. The summed E-state index contributed by atoms with van der Waals surface area (Å²) in [6, 6.07) is 2.14. The lowest BCUT2D eigenvalue weighted by Gasteiger charge is -2.31. The molecule has 2 aliphatic rings. The van der Waals surface area contributed by atoms with Gasteiger partial charge in [0.2, 0.25) is 0 Å². The molecular weight excluding hydrogens is 252 g/mol. The lowest BCUT2D eigenvalue weighted by atomic mass is 9.89. The molecule has 0 radical (unpaired) electrons. The summed E-state index contributed by atoms with van der Waals surface area (Å²) in [7, 11) is 2.17. The average Bonchev–Trinajstić information content (AvgIpc) is 3.03. The van der Waals surface area contributed by atoms with Gasteiger partial charge in [-0.05, 0) is 51.8 Å². The number of fused-ring (bicyclic) bond motifs is 1. The molecule has 3 rings (SSSR count). The second-order valence-corrected chi connectivity index (χ2v) is 6.56. The third kappa shape index (κ3) is 2.46. The first kappa shape index (κ1) is 13.6. The fraction of sp³-hybridized carbons (Fsp3) is 0.733. The molecule has 1 aromatic rings. The Morgan fingerprint density at radius 3 is 2.75 bits per heavy atom. The molecule has 0 aliphatic carbocycles. The van der Waals surface area contributed by atoms with E-state index in [-0.39, 0.29) is 5.91 Å². The van der Waals surface area contributed by atoms with Gasteiger partial charge in [0.15, 0.2) is 0 Å². The summed E-state index contributed by atoms with van der Waals surface area (Å²) in [4.78, 5) is 16.9. The lowest BCUT2D eigenvalue weighted by molar-refractivity contribution is 0.0777. The fourth-order valence-electron chi connectivity index (χ4n) is 3.42. The van der Waals surface area contributed by atoms with Gasteiger partial charge >= 0.3 is 0 Å². The Balaban J connectivity index is 1.69. The van der Waals surface area contributed by atoms with Crippen LogP contribution in [0.15, 0.2) is 12.3 Å². The van der Waals surface area contributed by atoms with Gasteiger partial charge in [0, 0.05) is 31.9 Å². The van der Waals surface area contributed by atoms with Crippen LogP contribution in [0.1, 0.15) is 36.8 Å². The molecule has 110 valence electrons. The summed E-state index contributed by atoms with van der Waals surface area (Å²) in [6.07, 6.45) is 3.11. The van der Waals surface area contributed by atoms with Gasteiger partial charge < -0.3 is 9.80 Å². The minimum atomic E-state index is 0.0986. The molecule has 3 heterocycles. The van der Waals surface area contributed by atoms with Crippen LogP contribution in [0.5, 0.6) is 0 Å². The van der Waals surface area contributed by atoms with Crippen LogP contribution < -0.4 is 0 Å². The zero-order valence-corrected chi connectivity index (χ0v) is 12.6. The number of piperidine rings is 1. The molecule has 0 N–H and O–H groups in total. The van der Waals surface area contributed by atoms with Crippen molar-refractivity contribution in [2.75, 3.05) is 33.2 Å². The van der Waals surface area contributed by atoms with Crippen LogP contribution in [-0.4, -0.2) is 58.7 Å². The van der Waals surface area contributed by atoms with Crippen LogP contribution in [0.2, 0.25) is 0 Å². The van der Waals surface area contributed by atoms with Crippen molar-refractivity contribution in [3.05, 3.63) is 18.0 Å². The molecule has 1 aromatic heterocycles. The summed E-state index contributed by atoms with van der Waals surface area (Å²) in [5.74, 6) is 1.42. The highest BCUT2D eigenvalue weighted by atomic mass is 16.2. The van der Waals surface area contributed by atoms with Gasteiger partial charge in [0.05, 0.1) is 0 Å². The number of hydrogen-bond acceptors (Lipinski definition) is 3. The molecule has 0 saturated carbocycles. The molecule has 0 bridgehead atoms. The van der Waals surface area contributed by atoms with Crippen LogP contribution in [0.3, 0.4) is 0 Å². The van der Waals surface area contributed by atoms with E-state index < -0.39 is 0 Å². The van der Waals surface area contributed by atoms with Gasteiger partial charge in [-0.15, -0.1) is 0 Å². The first-order valence-corrected chi connectivity index (χ1v) is 7.57. The number of carbonyl (C=O) groups excluding carboxylic acids is 1. The number of aromatic nitrogens is 2. The van der Waals surface area contributed by atoms with Crippen LogP contribution in [0, 0.1) is 11.8 Å². The molecule has 2 atom stereocenters. The number of likely N-dealkylation sites (tertiary alicyclic amines) is 2. The number of hydrogen-bond donors (Lipinski definition) is 0. The Kier molecular flexibility index (Phi) is 3.54. The third-order valence-corrected chi connectivity index (χ3v) is 4.65. The Bertz CT molecular complexity index is 496. The Labute approximate surface area is 120 Å². The topological polar surface area (TPSA) is 41.4 Å². The Morgan fingerprint density at radius 2 is 2.05 bits per heavy atom. The van der Waals surface area contributed by atoms with Gasteiger partial charge in [-0.1, -0.05) is 0 Å². The minimum Gasteiger partial charge on any atom is -0.337 e. The lowest BCUT2D eigenvalue weighted by Crippen LogP contribution is -2.37. The van der Waals surface area contributed by atoms with Gasteiger partial charge in [0.25, 0.3) is 5.91 Å². The van der Waals surface area contributed by atoms with Gasteiger partial charge in [-0.3, -0.25) is 9.48 Å². The van der Waals surface area contributed by atoms with E-state index in [0.29, 0.717) is 23.6 Å². The van der Waals surface area contributed by atoms with Crippen molar-refractivity contribution in [3.8, 4) is 0 Å². The average molecular weight is 276 g/mol. The molecule has 0 unspecified atom stereocenters. The van der Waals surface area contributed by atoms with Crippen LogP contribution in [0.25, 0.3) is 0 Å². The van der Waals surface area contributed by atoms with Gasteiger partial charge in [0.1, 0.15) is 5.69 Å². The zero-order valence-electron chi connectivity index (χ0n) is 12.6. The van der Waals surface area contributed by atoms with Crippen molar-refractivity contribution in [2.45, 2.75) is 26.3 Å². The summed E-state index contributed by atoms with van der Waals surface area (Å²) >= 11 is 0. The summed E-state index contributed by atoms with van der Waals surface area (Å²) < 4.78 is 1.85. The van der Waals surface area contributed by atoms with Crippen LogP contribution in [0.4, 0.5) is 0 Å². The second kappa shape index (κ2) is 5.20. The van der Waals surface area contributed by atoms with E-state index in [1.807, 2.05) is 21.8 Å². The number of amides is 1. The summed E-state index contributed by atoms with van der Waals surface area (Å²) in [5, 5.41) is 4.40. The highest BCUT2D eigenvalue weighted by Gasteiger charge is 2.38. The smallest absolute Gasteiger partial charge is 0.274 e. The van der Waals surface area contributed by atoms with E-state index in [9.17, 15) is 4.79 Å². The summed E-state index contributed by atoms with van der Waals surface area (Å²) in [5.41, 5.74) is 0.589. The first-order chi connectivity index (χ1) is 9.54. The second-order valence-electron chi connectivity index (χ2n) is 6.56. The molecule has 0 spiro atoms. The van der Waals surface area contributed by atoms with E-state index in [4.69, 9.17) is 0 Å². The fourth-order valence-corrected chi connectivity index (χ4v) is 3.42. The van der Waals surface area contributed by atoms with E-state index in [1.165, 1.54) is 6.42 Å². The number of nitrogens with zero attached hydrogens (tertiary/aromatic N) is 4. The monoisotopic (exact) mass is 276 g/mol. The normalized spacial score (nSPS) is 27.1. The predicted molar refractivity (Wildman–Crippen MR) is 77.6 cm³/mol.